The summed E-state index contributed by atoms with van der Waals surface area (Å²) in [6, 6.07) is 18.8. The minimum Gasteiger partial charge on any atom is -0.508 e. The van der Waals surface area contributed by atoms with E-state index in [-0.39, 0.29) is 24.0 Å². The summed E-state index contributed by atoms with van der Waals surface area (Å²) in [7, 11) is 0. The molecule has 1 heterocycles. The van der Waals surface area contributed by atoms with Crippen molar-refractivity contribution >= 4 is 17.9 Å². The van der Waals surface area contributed by atoms with Crippen LogP contribution in [0.25, 0.3) is 0 Å². The van der Waals surface area contributed by atoms with E-state index in [1.807, 2.05) is 18.2 Å². The van der Waals surface area contributed by atoms with Crippen molar-refractivity contribution in [3.05, 3.63) is 95.8 Å². The van der Waals surface area contributed by atoms with Gasteiger partial charge < -0.3 is 5.11 Å². The number of carbonyl (C=O) groups excluding carboxylic acids is 2. The summed E-state index contributed by atoms with van der Waals surface area (Å²) < 4.78 is 1.71. The Labute approximate surface area is 156 Å². The third-order valence-corrected chi connectivity index (χ3v) is 3.85. The number of phenols is 1. The average molecular weight is 360 g/mol. The number of nitrogens with one attached hydrogen (secondary N) is 1. The first kappa shape index (κ1) is 18.0. The lowest BCUT2D eigenvalue weighted by Gasteiger charge is -2.01. The number of hydrogen-bond acceptors (Lipinski definition) is 4. The van der Waals surface area contributed by atoms with Crippen LogP contribution >= 0.6 is 0 Å². The number of pyridine rings is 1. The van der Waals surface area contributed by atoms with Crippen molar-refractivity contribution in [2.45, 2.75) is 6.54 Å². The van der Waals surface area contributed by atoms with Crippen LogP contribution in [0, 0.1) is 0 Å². The Bertz CT molecular complexity index is 950. The standard InChI is InChI=1S/C21H17N3O3/c25-19-8-6-16(7-9-19)14-22-23-21(27)18-10-12-24(13-11-18)15-20(26)17-4-2-1-3-5-17/h1-14,27H,15H2/p+1. The molecule has 0 saturated heterocycles. The third kappa shape index (κ3) is 5.09. The maximum atomic E-state index is 12.2. The Morgan fingerprint density at radius 3 is 2.26 bits per heavy atom. The quantitative estimate of drug-likeness (QED) is 0.306. The lowest BCUT2D eigenvalue weighted by atomic mass is 10.1. The van der Waals surface area contributed by atoms with Gasteiger partial charge in [-0.3, -0.25) is 9.59 Å². The maximum Gasteiger partial charge on any atom is 0.271 e. The fraction of sp³-hybridized carbons (Fsp3) is 0.0476. The highest BCUT2D eigenvalue weighted by molar-refractivity contribution is 5.95. The van der Waals surface area contributed by atoms with E-state index in [1.54, 1.807) is 53.4 Å². The molecule has 0 fully saturated rings. The highest BCUT2D eigenvalue weighted by Gasteiger charge is 2.13. The molecular weight excluding hydrogens is 342 g/mol. The van der Waals surface area contributed by atoms with E-state index in [1.165, 1.54) is 18.3 Å². The number of phenolic OH excluding ortho intramolecular Hbond substituents is 1. The highest BCUT2D eigenvalue weighted by Crippen LogP contribution is 2.07. The molecule has 0 aliphatic rings. The Balaban J connectivity index is 1.57. The number of nitrogens with zero attached hydrogens (tertiary/aromatic N) is 2. The number of aromatic nitrogens is 1. The topological polar surface area (TPSA) is 82.6 Å². The van der Waals surface area contributed by atoms with Crippen molar-refractivity contribution in [1.29, 1.82) is 0 Å². The molecule has 2 aromatic carbocycles. The van der Waals surface area contributed by atoms with Gasteiger partial charge in [-0.05, 0) is 29.8 Å². The number of hydrogen-bond donors (Lipinski definition) is 2. The monoisotopic (exact) mass is 360 g/mol. The van der Waals surface area contributed by atoms with Gasteiger partial charge in [-0.15, -0.1) is 0 Å². The Morgan fingerprint density at radius 2 is 1.59 bits per heavy atom. The average Bonchev–Trinajstić information content (AvgIpc) is 2.70. The first-order chi connectivity index (χ1) is 13.1. The van der Waals surface area contributed by atoms with Crippen LogP contribution in [0.15, 0.2) is 84.2 Å². The molecule has 2 N–H and O–H groups in total. The first-order valence-electron chi connectivity index (χ1n) is 8.31. The zero-order chi connectivity index (χ0) is 19.1. The maximum absolute atomic E-state index is 12.2. The van der Waals surface area contributed by atoms with Crippen molar-refractivity contribution in [1.82, 2.24) is 5.43 Å². The number of rotatable bonds is 6. The van der Waals surface area contributed by atoms with Gasteiger partial charge in [0.1, 0.15) is 5.75 Å². The molecular formula is C21H18N3O3+. The summed E-state index contributed by atoms with van der Waals surface area (Å²) in [5, 5.41) is 13.1. The number of carbonyl (C=O) groups is 2. The van der Waals surface area contributed by atoms with Crippen LogP contribution < -0.4 is 9.99 Å². The number of benzene rings is 2. The van der Waals surface area contributed by atoms with E-state index in [0.29, 0.717) is 11.1 Å². The van der Waals surface area contributed by atoms with Crippen LogP contribution in [-0.4, -0.2) is 23.0 Å². The minimum atomic E-state index is -0.355. The van der Waals surface area contributed by atoms with E-state index in [2.05, 4.69) is 10.5 Å². The number of amides is 1. The van der Waals surface area contributed by atoms with Crippen molar-refractivity contribution in [3.8, 4) is 5.75 Å². The normalized spacial score (nSPS) is 10.7. The fourth-order valence-corrected chi connectivity index (χ4v) is 2.39. The molecule has 3 aromatic rings. The molecule has 1 aromatic heterocycles. The van der Waals surface area contributed by atoms with Crippen molar-refractivity contribution < 1.29 is 19.3 Å². The van der Waals surface area contributed by atoms with Crippen LogP contribution in [0.2, 0.25) is 0 Å². The first-order valence-corrected chi connectivity index (χ1v) is 8.31. The Morgan fingerprint density at radius 1 is 0.926 bits per heavy atom. The lowest BCUT2D eigenvalue weighted by Crippen LogP contribution is -2.37. The molecule has 3 rings (SSSR count). The molecule has 0 unspecified atom stereocenters. The molecule has 134 valence electrons. The largest absolute Gasteiger partial charge is 0.508 e. The van der Waals surface area contributed by atoms with Crippen molar-refractivity contribution in [2.24, 2.45) is 5.10 Å². The summed E-state index contributed by atoms with van der Waals surface area (Å²) >= 11 is 0. The molecule has 0 radical (unpaired) electrons. The zero-order valence-corrected chi connectivity index (χ0v) is 14.4. The zero-order valence-electron chi connectivity index (χ0n) is 14.4. The number of ketones is 1. The molecule has 6 nitrogen and oxygen atoms in total. The second kappa shape index (κ2) is 8.53. The van der Waals surface area contributed by atoms with Gasteiger partial charge in [0.2, 0.25) is 12.3 Å². The second-order valence-corrected chi connectivity index (χ2v) is 5.84. The van der Waals surface area contributed by atoms with Crippen LogP contribution in [0.4, 0.5) is 0 Å². The Hall–Kier alpha value is -3.80. The van der Waals surface area contributed by atoms with Gasteiger partial charge in [0.25, 0.3) is 5.91 Å². The minimum absolute atomic E-state index is 0.00343. The summed E-state index contributed by atoms with van der Waals surface area (Å²) in [4.78, 5) is 24.3. The van der Waals surface area contributed by atoms with Gasteiger partial charge in [-0.25, -0.2) is 5.43 Å². The van der Waals surface area contributed by atoms with E-state index in [9.17, 15) is 14.7 Å². The van der Waals surface area contributed by atoms with E-state index >= 15 is 0 Å². The van der Waals surface area contributed by atoms with Gasteiger partial charge in [-0.1, -0.05) is 30.3 Å². The smallest absolute Gasteiger partial charge is 0.271 e. The van der Waals surface area contributed by atoms with Gasteiger partial charge in [0.05, 0.1) is 11.8 Å². The summed E-state index contributed by atoms with van der Waals surface area (Å²) in [6.07, 6.45) is 4.85. The summed E-state index contributed by atoms with van der Waals surface area (Å²) in [5.74, 6) is -0.192. The number of aromatic hydroxyl groups is 1. The third-order valence-electron chi connectivity index (χ3n) is 3.85. The van der Waals surface area contributed by atoms with Gasteiger partial charge in [0, 0.05) is 17.7 Å². The van der Waals surface area contributed by atoms with Crippen LogP contribution in [-0.2, 0) is 6.54 Å². The molecule has 0 aliphatic carbocycles. The predicted octanol–water partition coefficient (Wildman–Crippen LogP) is 2.33. The summed E-state index contributed by atoms with van der Waals surface area (Å²) in [6.45, 7) is 0.199. The molecule has 0 bridgehead atoms. The van der Waals surface area contributed by atoms with Gasteiger partial charge in [0.15, 0.2) is 12.4 Å². The fourth-order valence-electron chi connectivity index (χ4n) is 2.39. The van der Waals surface area contributed by atoms with Gasteiger partial charge >= 0.3 is 0 Å². The molecule has 6 heteroatoms. The predicted molar refractivity (Wildman–Crippen MR) is 101 cm³/mol. The summed E-state index contributed by atoms with van der Waals surface area (Å²) in [5.41, 5.74) is 4.27. The molecule has 1 amide bonds. The highest BCUT2D eigenvalue weighted by atomic mass is 16.3. The number of hydrazone groups is 1. The van der Waals surface area contributed by atoms with Crippen LogP contribution in [0.3, 0.4) is 0 Å². The SMILES string of the molecule is O=C(C[n+]1ccc(C(=O)N/N=C\c2ccc(O)cc2)cc1)c1ccccc1. The molecule has 0 atom stereocenters. The molecule has 0 spiro atoms. The van der Waals surface area contributed by atoms with E-state index in [4.69, 9.17) is 0 Å². The van der Waals surface area contributed by atoms with E-state index in [0.717, 1.165) is 5.56 Å². The van der Waals surface area contributed by atoms with Crippen LogP contribution in [0.1, 0.15) is 26.3 Å². The van der Waals surface area contributed by atoms with Crippen molar-refractivity contribution in [2.75, 3.05) is 0 Å². The molecule has 27 heavy (non-hydrogen) atoms. The lowest BCUT2D eigenvalue weighted by molar-refractivity contribution is -0.683. The van der Waals surface area contributed by atoms with Crippen LogP contribution in [0.5, 0.6) is 5.75 Å². The van der Waals surface area contributed by atoms with Gasteiger partial charge in [-0.2, -0.15) is 9.67 Å². The molecule has 0 aliphatic heterocycles. The second-order valence-electron chi connectivity index (χ2n) is 5.84. The Kier molecular flexibility index (Phi) is 5.69. The van der Waals surface area contributed by atoms with Crippen molar-refractivity contribution in [3.63, 3.8) is 0 Å². The number of Topliss-reactive ketones (excluding diaryl/α,β-unsaturated/α-hetero) is 1. The molecule has 0 saturated carbocycles. The van der Waals surface area contributed by atoms with E-state index < -0.39 is 0 Å².